The maximum atomic E-state index is 12.8. The van der Waals surface area contributed by atoms with E-state index in [1.165, 1.54) is 0 Å². The van der Waals surface area contributed by atoms with Crippen molar-refractivity contribution < 1.29 is 19.5 Å². The molecule has 0 unspecified atom stereocenters. The maximum absolute atomic E-state index is 12.8. The Morgan fingerprint density at radius 1 is 1.18 bits per heavy atom. The van der Waals surface area contributed by atoms with Gasteiger partial charge in [0, 0.05) is 18.7 Å². The summed E-state index contributed by atoms with van der Waals surface area (Å²) in [6.45, 7) is 6.20. The third kappa shape index (κ3) is 6.20. The van der Waals surface area contributed by atoms with E-state index in [0.717, 1.165) is 30.6 Å². The average molecular weight is 452 g/mol. The van der Waals surface area contributed by atoms with E-state index in [1.54, 1.807) is 6.07 Å². The third-order valence-corrected chi connectivity index (χ3v) is 6.96. The zero-order chi connectivity index (χ0) is 24.0. The lowest BCUT2D eigenvalue weighted by atomic mass is 9.67. The van der Waals surface area contributed by atoms with Crippen molar-refractivity contribution >= 4 is 17.8 Å². The predicted octanol–water partition coefficient (Wildman–Crippen LogP) is 2.44. The normalized spacial score (nSPS) is 21.8. The van der Waals surface area contributed by atoms with Crippen LogP contribution in [0.15, 0.2) is 54.6 Å². The zero-order valence-corrected chi connectivity index (χ0v) is 19.3. The highest BCUT2D eigenvalue weighted by Gasteiger charge is 2.39. The molecule has 0 spiro atoms. The summed E-state index contributed by atoms with van der Waals surface area (Å²) in [6, 6.07) is 17.3. The monoisotopic (exact) mass is 451 g/mol. The molecule has 2 aromatic rings. The second-order valence-corrected chi connectivity index (χ2v) is 9.27. The Morgan fingerprint density at radius 3 is 2.55 bits per heavy atom. The van der Waals surface area contributed by atoms with Crippen LogP contribution >= 0.6 is 0 Å². The molecule has 1 aliphatic rings. The number of carbonyl (C=O) groups is 3. The largest absolute Gasteiger partial charge is 0.480 e. The minimum atomic E-state index is -1.05. The molecule has 176 valence electrons. The maximum Gasteiger partial charge on any atom is 0.322 e. The van der Waals surface area contributed by atoms with Gasteiger partial charge in [-0.2, -0.15) is 0 Å². The summed E-state index contributed by atoms with van der Waals surface area (Å²) in [4.78, 5) is 37.7. The van der Waals surface area contributed by atoms with Gasteiger partial charge in [-0.05, 0) is 54.0 Å². The number of carbonyl (C=O) groups excluding carboxylic acids is 2. The fraction of sp³-hybridized carbons (Fsp3) is 0.423. The molecule has 2 aromatic carbocycles. The Hall–Kier alpha value is -3.19. The number of hydrogen-bond donors (Lipinski definition) is 3. The van der Waals surface area contributed by atoms with Crippen molar-refractivity contribution in [3.05, 3.63) is 71.3 Å². The number of primary amides is 1. The van der Waals surface area contributed by atoms with Gasteiger partial charge in [-0.3, -0.25) is 14.4 Å². The number of piperidine rings is 1. The summed E-state index contributed by atoms with van der Waals surface area (Å²) in [7, 11) is 0. The summed E-state index contributed by atoms with van der Waals surface area (Å²) in [5.74, 6) is -1.78. The van der Waals surface area contributed by atoms with Crippen molar-refractivity contribution in [3.63, 3.8) is 0 Å². The molecule has 7 heteroatoms. The predicted molar refractivity (Wildman–Crippen MR) is 127 cm³/mol. The first kappa shape index (κ1) is 24.5. The molecule has 0 aromatic heterocycles. The molecule has 1 saturated heterocycles. The number of nitrogens with two attached hydrogens (primary N) is 1. The van der Waals surface area contributed by atoms with Crippen molar-refractivity contribution in [1.82, 2.24) is 10.2 Å². The molecule has 3 rings (SSSR count). The highest BCUT2D eigenvalue weighted by atomic mass is 16.4. The van der Waals surface area contributed by atoms with Crippen molar-refractivity contribution in [3.8, 4) is 0 Å². The van der Waals surface area contributed by atoms with Crippen LogP contribution in [0.3, 0.4) is 0 Å². The molecule has 1 heterocycles. The summed E-state index contributed by atoms with van der Waals surface area (Å²) in [6.07, 6.45) is 1.43. The van der Waals surface area contributed by atoms with Gasteiger partial charge in [0.15, 0.2) is 0 Å². The van der Waals surface area contributed by atoms with Crippen LogP contribution in [0.4, 0.5) is 0 Å². The van der Waals surface area contributed by atoms with E-state index in [2.05, 4.69) is 30.1 Å². The van der Waals surface area contributed by atoms with E-state index in [-0.39, 0.29) is 29.7 Å². The molecule has 0 bridgehead atoms. The van der Waals surface area contributed by atoms with Crippen LogP contribution in [0.1, 0.15) is 41.8 Å². The number of amides is 2. The van der Waals surface area contributed by atoms with Crippen molar-refractivity contribution in [1.29, 1.82) is 0 Å². The Bertz CT molecular complexity index is 994. The lowest BCUT2D eigenvalue weighted by Gasteiger charge is -2.46. The van der Waals surface area contributed by atoms with Gasteiger partial charge < -0.3 is 21.1 Å². The molecule has 3 atom stereocenters. The summed E-state index contributed by atoms with van der Waals surface area (Å²) in [5, 5.41) is 11.5. The van der Waals surface area contributed by atoms with Crippen LogP contribution in [0.2, 0.25) is 0 Å². The van der Waals surface area contributed by atoms with E-state index in [9.17, 15) is 14.4 Å². The minimum Gasteiger partial charge on any atom is -0.480 e. The smallest absolute Gasteiger partial charge is 0.322 e. The van der Waals surface area contributed by atoms with Gasteiger partial charge in [-0.15, -0.1) is 0 Å². The number of nitrogens with zero attached hydrogens (tertiary/aromatic N) is 1. The van der Waals surface area contributed by atoms with Crippen molar-refractivity contribution in [2.75, 3.05) is 26.2 Å². The number of hydrogen-bond acceptors (Lipinski definition) is 4. The zero-order valence-electron chi connectivity index (χ0n) is 19.3. The van der Waals surface area contributed by atoms with Crippen LogP contribution in [-0.4, -0.2) is 54.0 Å². The summed E-state index contributed by atoms with van der Waals surface area (Å²) in [5.41, 5.74) is 8.04. The fourth-order valence-electron chi connectivity index (χ4n) is 4.70. The van der Waals surface area contributed by atoms with Crippen LogP contribution in [0.5, 0.6) is 0 Å². The Kier molecular flexibility index (Phi) is 7.87. The molecule has 1 aliphatic heterocycles. The molecular formula is C26H33N3O4. The van der Waals surface area contributed by atoms with E-state index >= 15 is 0 Å². The number of carboxylic acids is 1. The topological polar surface area (TPSA) is 113 Å². The minimum absolute atomic E-state index is 0.109. The molecule has 0 saturated carbocycles. The van der Waals surface area contributed by atoms with Gasteiger partial charge in [0.25, 0.3) is 0 Å². The van der Waals surface area contributed by atoms with Crippen LogP contribution in [0.25, 0.3) is 0 Å². The van der Waals surface area contributed by atoms with Gasteiger partial charge in [0.05, 0.1) is 5.92 Å². The highest BCUT2D eigenvalue weighted by Crippen LogP contribution is 2.39. The van der Waals surface area contributed by atoms with Gasteiger partial charge >= 0.3 is 5.97 Å². The van der Waals surface area contributed by atoms with Crippen LogP contribution < -0.4 is 11.1 Å². The standard InChI is InChI=1S/C26H33N3O4/c1-18-16-29(12-11-26(18,2)22-10-6-9-20(14-22)24(27)32)17-21(25(33)28-15-23(30)31)13-19-7-4-3-5-8-19/h3-10,14,18,21H,11-13,15-17H2,1-2H3,(H2,27,32)(H,28,33)(H,30,31)/t18-,21+,26+/m0/s1. The van der Waals surface area contributed by atoms with E-state index < -0.39 is 11.9 Å². The number of nitrogens with one attached hydrogen (secondary N) is 1. The second-order valence-electron chi connectivity index (χ2n) is 9.27. The van der Waals surface area contributed by atoms with Gasteiger partial charge in [-0.1, -0.05) is 56.3 Å². The van der Waals surface area contributed by atoms with Gasteiger partial charge in [0.1, 0.15) is 6.54 Å². The fourth-order valence-corrected chi connectivity index (χ4v) is 4.70. The lowest BCUT2D eigenvalue weighted by molar-refractivity contribution is -0.138. The van der Waals surface area contributed by atoms with Gasteiger partial charge in [0.2, 0.25) is 11.8 Å². The first-order chi connectivity index (χ1) is 15.7. The van der Waals surface area contributed by atoms with Crippen LogP contribution in [0, 0.1) is 11.8 Å². The molecule has 1 fully saturated rings. The highest BCUT2D eigenvalue weighted by molar-refractivity contribution is 5.93. The van der Waals surface area contributed by atoms with Gasteiger partial charge in [-0.25, -0.2) is 0 Å². The van der Waals surface area contributed by atoms with Crippen molar-refractivity contribution in [2.45, 2.75) is 32.1 Å². The first-order valence-electron chi connectivity index (χ1n) is 11.3. The summed E-state index contributed by atoms with van der Waals surface area (Å²) >= 11 is 0. The lowest BCUT2D eigenvalue weighted by Crippen LogP contribution is -2.50. The molecule has 0 aliphatic carbocycles. The SMILES string of the molecule is C[C@H]1CN(C[C@@H](Cc2ccccc2)C(=O)NCC(=O)O)CC[C@@]1(C)c1cccc(C(N)=O)c1. The number of rotatable bonds is 9. The summed E-state index contributed by atoms with van der Waals surface area (Å²) < 4.78 is 0. The Balaban J connectivity index is 1.71. The number of likely N-dealkylation sites (tertiary alicyclic amines) is 1. The second kappa shape index (κ2) is 10.6. The quantitative estimate of drug-likeness (QED) is 0.542. The van der Waals surface area contributed by atoms with E-state index in [4.69, 9.17) is 10.8 Å². The molecule has 0 radical (unpaired) electrons. The van der Waals surface area contributed by atoms with Crippen molar-refractivity contribution in [2.24, 2.45) is 17.6 Å². The Morgan fingerprint density at radius 2 is 1.91 bits per heavy atom. The van der Waals surface area contributed by atoms with E-state index in [1.807, 2.05) is 42.5 Å². The first-order valence-corrected chi connectivity index (χ1v) is 11.3. The average Bonchev–Trinajstić information content (AvgIpc) is 2.80. The molecule has 33 heavy (non-hydrogen) atoms. The number of benzene rings is 2. The van der Waals surface area contributed by atoms with E-state index in [0.29, 0.717) is 18.5 Å². The molecule has 2 amide bonds. The number of carboxylic acid groups (broad SMARTS) is 1. The molecular weight excluding hydrogens is 418 g/mol. The molecule has 4 N–H and O–H groups in total. The Labute approximate surface area is 195 Å². The van der Waals surface area contributed by atoms with Crippen LogP contribution in [-0.2, 0) is 21.4 Å². The number of aliphatic carboxylic acids is 1. The molecule has 7 nitrogen and oxygen atoms in total. The third-order valence-electron chi connectivity index (χ3n) is 6.96.